The van der Waals surface area contributed by atoms with Crippen LogP contribution in [0.4, 0.5) is 0 Å². The minimum Gasteiger partial charge on any atom is -0.494 e. The van der Waals surface area contributed by atoms with Crippen molar-refractivity contribution in [2.24, 2.45) is 0 Å². The summed E-state index contributed by atoms with van der Waals surface area (Å²) in [6.45, 7) is 2.03. The van der Waals surface area contributed by atoms with Gasteiger partial charge in [-0.1, -0.05) is 6.07 Å². The Hall–Kier alpha value is -3.33. The third kappa shape index (κ3) is 2.60. The number of hydrogen-bond acceptors (Lipinski definition) is 5. The van der Waals surface area contributed by atoms with Gasteiger partial charge >= 0.3 is 5.97 Å². The first-order valence-electron chi connectivity index (χ1n) is 7.02. The van der Waals surface area contributed by atoms with Crippen LogP contribution in [-0.2, 0) is 4.74 Å². The van der Waals surface area contributed by atoms with Crippen molar-refractivity contribution in [2.75, 3.05) is 6.61 Å². The van der Waals surface area contributed by atoms with E-state index < -0.39 is 5.97 Å². The monoisotopic (exact) mass is 307 g/mol. The Bertz CT molecular complexity index is 921. The number of fused-ring (bicyclic) bond motifs is 1. The number of rotatable bonds is 3. The largest absolute Gasteiger partial charge is 0.494 e. The molecule has 0 bridgehead atoms. The molecule has 0 fully saturated rings. The Labute approximate surface area is 132 Å². The van der Waals surface area contributed by atoms with Crippen molar-refractivity contribution in [1.29, 1.82) is 5.26 Å². The van der Waals surface area contributed by atoms with E-state index in [0.29, 0.717) is 34.5 Å². The average molecular weight is 307 g/mol. The maximum atomic E-state index is 11.6. The zero-order chi connectivity index (χ0) is 16.4. The van der Waals surface area contributed by atoms with E-state index in [0.717, 1.165) is 5.39 Å². The number of ether oxygens (including phenoxy) is 1. The Morgan fingerprint density at radius 3 is 2.87 bits per heavy atom. The second-order valence-electron chi connectivity index (χ2n) is 4.87. The van der Waals surface area contributed by atoms with Crippen LogP contribution in [0.5, 0.6) is 5.88 Å². The van der Waals surface area contributed by atoms with E-state index in [1.807, 2.05) is 0 Å². The summed E-state index contributed by atoms with van der Waals surface area (Å²) in [4.78, 5) is 18.7. The van der Waals surface area contributed by atoms with Gasteiger partial charge < -0.3 is 14.8 Å². The first-order chi connectivity index (χ1) is 11.1. The molecule has 0 saturated carbocycles. The number of carbonyl (C=O) groups excluding carboxylic acids is 1. The van der Waals surface area contributed by atoms with E-state index in [4.69, 9.17) is 10.00 Å². The first kappa shape index (κ1) is 14.6. The number of carbonyl (C=O) groups is 1. The number of H-pyrrole nitrogens is 1. The van der Waals surface area contributed by atoms with Gasteiger partial charge in [0.05, 0.1) is 40.6 Å². The molecule has 0 aliphatic rings. The number of esters is 1. The highest BCUT2D eigenvalue weighted by atomic mass is 16.5. The number of nitrogens with zero attached hydrogens (tertiary/aromatic N) is 2. The number of nitriles is 1. The highest BCUT2D eigenvalue weighted by Gasteiger charge is 2.15. The van der Waals surface area contributed by atoms with Crippen molar-refractivity contribution in [3.63, 3.8) is 0 Å². The molecule has 0 atom stereocenters. The third-order valence-corrected chi connectivity index (χ3v) is 3.44. The number of aromatic hydroxyl groups is 1. The van der Waals surface area contributed by atoms with Crippen molar-refractivity contribution in [2.45, 2.75) is 6.92 Å². The van der Waals surface area contributed by atoms with Gasteiger partial charge in [-0.05, 0) is 31.2 Å². The predicted molar refractivity (Wildman–Crippen MR) is 83.9 cm³/mol. The van der Waals surface area contributed by atoms with Crippen LogP contribution in [0, 0.1) is 11.3 Å². The molecule has 0 aliphatic heterocycles. The molecule has 0 amide bonds. The minimum atomic E-state index is -0.437. The molecule has 2 aromatic heterocycles. The lowest BCUT2D eigenvalue weighted by Gasteiger charge is -2.03. The van der Waals surface area contributed by atoms with Crippen molar-refractivity contribution in [3.8, 4) is 23.2 Å². The highest BCUT2D eigenvalue weighted by Crippen LogP contribution is 2.35. The van der Waals surface area contributed by atoms with Gasteiger partial charge in [0.2, 0.25) is 0 Å². The van der Waals surface area contributed by atoms with Gasteiger partial charge in [0, 0.05) is 11.6 Å². The van der Waals surface area contributed by atoms with Crippen LogP contribution in [0.3, 0.4) is 0 Å². The number of aromatic amines is 1. The van der Waals surface area contributed by atoms with Crippen LogP contribution in [0.1, 0.15) is 22.8 Å². The van der Waals surface area contributed by atoms with E-state index in [9.17, 15) is 9.90 Å². The lowest BCUT2D eigenvalue weighted by Crippen LogP contribution is -2.04. The molecule has 2 N–H and O–H groups in total. The maximum absolute atomic E-state index is 11.6. The molecular weight excluding hydrogens is 294 g/mol. The standard InChI is InChI=1S/C17H13N3O3/c1-2-23-17(22)11-4-6-13(19-9-11)15-12-5-3-10(8-18)7-14(12)20-16(15)21/h3-7,9,20-21H,2H2,1H3. The first-order valence-corrected chi connectivity index (χ1v) is 7.02. The zero-order valence-electron chi connectivity index (χ0n) is 12.3. The summed E-state index contributed by atoms with van der Waals surface area (Å²) in [6.07, 6.45) is 1.41. The van der Waals surface area contributed by atoms with Crippen LogP contribution < -0.4 is 0 Å². The van der Waals surface area contributed by atoms with Crippen molar-refractivity contribution in [1.82, 2.24) is 9.97 Å². The van der Waals surface area contributed by atoms with E-state index in [2.05, 4.69) is 16.0 Å². The number of hydrogen-bond donors (Lipinski definition) is 2. The van der Waals surface area contributed by atoms with Gasteiger partial charge in [-0.15, -0.1) is 0 Å². The molecule has 2 heterocycles. The SMILES string of the molecule is CCOC(=O)c1ccc(-c2c(O)[nH]c3cc(C#N)ccc23)nc1. The molecule has 0 radical (unpaired) electrons. The van der Waals surface area contributed by atoms with Gasteiger partial charge in [-0.3, -0.25) is 4.98 Å². The molecule has 0 spiro atoms. The summed E-state index contributed by atoms with van der Waals surface area (Å²) in [5.74, 6) is -0.472. The van der Waals surface area contributed by atoms with E-state index in [1.165, 1.54) is 6.20 Å². The van der Waals surface area contributed by atoms with Crippen molar-refractivity contribution >= 4 is 16.9 Å². The minimum absolute atomic E-state index is 0.0357. The summed E-state index contributed by atoms with van der Waals surface area (Å²) in [5.41, 5.74) is 2.54. The normalized spacial score (nSPS) is 10.4. The second-order valence-corrected chi connectivity index (χ2v) is 4.87. The lowest BCUT2D eigenvalue weighted by atomic mass is 10.1. The average Bonchev–Trinajstić information content (AvgIpc) is 2.90. The number of pyridine rings is 1. The molecule has 23 heavy (non-hydrogen) atoms. The summed E-state index contributed by atoms with van der Waals surface area (Å²) < 4.78 is 4.91. The number of aromatic nitrogens is 2. The molecule has 3 rings (SSSR count). The Morgan fingerprint density at radius 1 is 1.39 bits per heavy atom. The fourth-order valence-electron chi connectivity index (χ4n) is 2.39. The lowest BCUT2D eigenvalue weighted by molar-refractivity contribution is 0.0526. The van der Waals surface area contributed by atoms with Gasteiger partial charge in [0.15, 0.2) is 5.88 Å². The van der Waals surface area contributed by atoms with Crippen molar-refractivity contribution in [3.05, 3.63) is 47.7 Å². The fraction of sp³-hybridized carbons (Fsp3) is 0.118. The van der Waals surface area contributed by atoms with Crippen LogP contribution >= 0.6 is 0 Å². The van der Waals surface area contributed by atoms with Gasteiger partial charge in [-0.25, -0.2) is 4.79 Å². The smallest absolute Gasteiger partial charge is 0.339 e. The fourth-order valence-corrected chi connectivity index (χ4v) is 2.39. The molecule has 6 nitrogen and oxygen atoms in total. The van der Waals surface area contributed by atoms with Crippen LogP contribution in [0.15, 0.2) is 36.5 Å². The molecule has 0 aliphatic carbocycles. The predicted octanol–water partition coefficient (Wildman–Crippen LogP) is 2.98. The molecule has 0 saturated heterocycles. The van der Waals surface area contributed by atoms with Crippen LogP contribution in [0.25, 0.3) is 22.2 Å². The van der Waals surface area contributed by atoms with Crippen LogP contribution in [-0.4, -0.2) is 27.7 Å². The Balaban J connectivity index is 2.05. The second kappa shape index (κ2) is 5.81. The maximum Gasteiger partial charge on any atom is 0.339 e. The van der Waals surface area contributed by atoms with E-state index in [1.54, 1.807) is 37.3 Å². The molecule has 1 aromatic carbocycles. The third-order valence-electron chi connectivity index (χ3n) is 3.44. The summed E-state index contributed by atoms with van der Waals surface area (Å²) in [6, 6.07) is 10.4. The van der Waals surface area contributed by atoms with Crippen LogP contribution in [0.2, 0.25) is 0 Å². The summed E-state index contributed by atoms with van der Waals surface area (Å²) >= 11 is 0. The highest BCUT2D eigenvalue weighted by molar-refractivity contribution is 5.99. The summed E-state index contributed by atoms with van der Waals surface area (Å²) in [5, 5.41) is 19.8. The summed E-state index contributed by atoms with van der Waals surface area (Å²) in [7, 11) is 0. The molecular formula is C17H13N3O3. The topological polar surface area (TPSA) is 99.0 Å². The molecule has 114 valence electrons. The number of benzene rings is 1. The zero-order valence-corrected chi connectivity index (χ0v) is 12.3. The quantitative estimate of drug-likeness (QED) is 0.725. The Morgan fingerprint density at radius 2 is 2.22 bits per heavy atom. The Kier molecular flexibility index (Phi) is 3.69. The molecule has 6 heteroatoms. The van der Waals surface area contributed by atoms with E-state index >= 15 is 0 Å². The van der Waals surface area contributed by atoms with Crippen molar-refractivity contribution < 1.29 is 14.6 Å². The molecule has 3 aromatic rings. The molecule has 0 unspecified atom stereocenters. The van der Waals surface area contributed by atoms with Gasteiger partial charge in [0.1, 0.15) is 0 Å². The number of nitrogens with one attached hydrogen (secondary N) is 1. The van der Waals surface area contributed by atoms with Gasteiger partial charge in [0.25, 0.3) is 0 Å². The van der Waals surface area contributed by atoms with Gasteiger partial charge in [-0.2, -0.15) is 5.26 Å². The van der Waals surface area contributed by atoms with E-state index in [-0.39, 0.29) is 5.88 Å².